The van der Waals surface area contributed by atoms with Crippen molar-refractivity contribution in [2.75, 3.05) is 25.1 Å². The van der Waals surface area contributed by atoms with Crippen LogP contribution in [-0.2, 0) is 4.79 Å². The quantitative estimate of drug-likeness (QED) is 0.135. The van der Waals surface area contributed by atoms with Crippen LogP contribution in [0.2, 0.25) is 0 Å². The topological polar surface area (TPSA) is 113 Å². The van der Waals surface area contributed by atoms with Crippen LogP contribution in [0.15, 0.2) is 53.9 Å². The van der Waals surface area contributed by atoms with Gasteiger partial charge in [0.15, 0.2) is 6.10 Å². The van der Waals surface area contributed by atoms with Gasteiger partial charge in [0.2, 0.25) is 0 Å². The summed E-state index contributed by atoms with van der Waals surface area (Å²) in [6.45, 7) is 1.79. The predicted molar refractivity (Wildman–Crippen MR) is 148 cm³/mol. The Labute approximate surface area is 251 Å². The molecule has 3 aromatic rings. The molecule has 4 rings (SSSR count). The second kappa shape index (κ2) is 14.3. The molecule has 228 valence electrons. The number of hydrogen-bond acceptors (Lipinski definition) is 7. The third-order valence-corrected chi connectivity index (χ3v) is 7.78. The largest absolute Gasteiger partial charge is 0.479 e. The van der Waals surface area contributed by atoms with Gasteiger partial charge in [-0.05, 0) is 5.56 Å². The number of fused-ring (bicyclic) bond motifs is 1. The third kappa shape index (κ3) is 7.60. The van der Waals surface area contributed by atoms with Crippen molar-refractivity contribution < 1.29 is 41.7 Å². The zero-order valence-corrected chi connectivity index (χ0v) is 25.5. The smallest absolute Gasteiger partial charge is 0.337 e. The molecule has 0 saturated carbocycles. The first-order valence-electron chi connectivity index (χ1n) is 12.4. The molecule has 16 heteroatoms. The Balaban J connectivity index is 0.000000369. The summed E-state index contributed by atoms with van der Waals surface area (Å²) in [6.07, 6.45) is -4.39. The van der Waals surface area contributed by atoms with E-state index in [4.69, 9.17) is 26.6 Å². The molecule has 2 aromatic carbocycles. The van der Waals surface area contributed by atoms with Gasteiger partial charge in [0.25, 0.3) is 0 Å². The Morgan fingerprint density at radius 3 is 2.38 bits per heavy atom. The van der Waals surface area contributed by atoms with Crippen LogP contribution in [0.5, 0.6) is 5.75 Å². The van der Waals surface area contributed by atoms with Gasteiger partial charge >= 0.3 is 195 Å². The Bertz CT molecular complexity index is 1390. The van der Waals surface area contributed by atoms with Gasteiger partial charge in [0, 0.05) is 0 Å². The molecule has 1 aliphatic heterocycles. The number of carboxylic acid groups (broad SMARTS) is 1. The maximum absolute atomic E-state index is 15.0. The van der Waals surface area contributed by atoms with Crippen LogP contribution in [0.4, 0.5) is 27.9 Å². The van der Waals surface area contributed by atoms with Crippen LogP contribution >= 0.6 is 11.6 Å². The number of carboxylic acids is 1. The number of aliphatic hydroxyl groups excluding tert-OH is 1. The van der Waals surface area contributed by atoms with E-state index in [1.807, 2.05) is 0 Å². The molecule has 4 atom stereocenters. The van der Waals surface area contributed by atoms with Gasteiger partial charge in [-0.2, -0.15) is 0 Å². The number of ether oxygens (including phenoxy) is 1. The number of halogens is 6. The summed E-state index contributed by atoms with van der Waals surface area (Å²) in [5, 5.41) is 23.8. The number of carbonyl (C=O) groups is 1. The summed E-state index contributed by atoms with van der Waals surface area (Å²) in [5.74, 6) is -3.40. The number of anilines is 1. The number of aliphatic carboxylic acids is 1. The van der Waals surface area contributed by atoms with Gasteiger partial charge in [0.05, 0.1) is 0 Å². The van der Waals surface area contributed by atoms with E-state index in [9.17, 15) is 26.7 Å². The average Bonchev–Trinajstić information content (AvgIpc) is 3.42. The van der Waals surface area contributed by atoms with Crippen molar-refractivity contribution in [2.45, 2.75) is 36.5 Å². The van der Waals surface area contributed by atoms with Gasteiger partial charge in [-0.3, -0.25) is 0 Å². The van der Waals surface area contributed by atoms with Crippen molar-refractivity contribution in [1.82, 2.24) is 20.1 Å². The van der Waals surface area contributed by atoms with Gasteiger partial charge in [-0.15, -0.1) is 0 Å². The van der Waals surface area contributed by atoms with E-state index >= 15 is 0 Å². The van der Waals surface area contributed by atoms with Crippen LogP contribution in [0.25, 0.3) is 5.57 Å². The summed E-state index contributed by atoms with van der Waals surface area (Å²) < 4.78 is 76.9. The first-order chi connectivity index (χ1) is 19.8. The van der Waals surface area contributed by atoms with Crippen molar-refractivity contribution in [3.63, 3.8) is 0 Å². The number of nitrogens with zero attached hydrogens (tertiary/aromatic N) is 4. The molecule has 2 heterocycles. The van der Waals surface area contributed by atoms with E-state index in [1.54, 1.807) is 37.4 Å². The van der Waals surface area contributed by atoms with Gasteiger partial charge in [-0.25, -0.2) is 4.79 Å². The third-order valence-electron chi connectivity index (χ3n) is 6.10. The fraction of sp³-hybridized carbons (Fsp3) is 0.346. The standard InChI is InChI=1S/C18H20AsClF5N5O.C8H8O3/c1-9(18(23,24)25)29-16(20)14(15(19)30-17(29)27-8-28-30)13-11(21)6-10(7-12(13)22)31-5-3-4-26-2;9-7(8(10)11)6-4-2-1-3-5-6/h6-9,15,26H,3-5,19H2,1-2H3;1-5,7,9H,(H,10,11)/t9-,15?;/m0./s1. The van der Waals surface area contributed by atoms with Gasteiger partial charge in [0.1, 0.15) is 0 Å². The van der Waals surface area contributed by atoms with E-state index < -0.39 is 51.5 Å². The molecular weight excluding hydrogens is 652 g/mol. The molecule has 0 saturated heterocycles. The minimum Gasteiger partial charge on any atom is -0.479 e. The SMILES string of the molecule is CNCCCOc1cc(F)c(C2=C(Cl)N([C@@H](C)C(F)(F)F)c3ncnn3C2[AsH2])c(F)c1.O=C(O)C(O)c1ccccc1. The Morgan fingerprint density at radius 2 is 1.83 bits per heavy atom. The number of allylic oxidation sites excluding steroid dienone is 1. The molecule has 42 heavy (non-hydrogen) atoms. The fourth-order valence-electron chi connectivity index (χ4n) is 3.92. The molecule has 0 radical (unpaired) electrons. The van der Waals surface area contributed by atoms with E-state index in [0.29, 0.717) is 23.4 Å². The number of aliphatic hydroxyl groups is 1. The van der Waals surface area contributed by atoms with E-state index in [1.165, 1.54) is 4.68 Å². The van der Waals surface area contributed by atoms with Crippen molar-refractivity contribution in [3.05, 3.63) is 76.7 Å². The van der Waals surface area contributed by atoms with Crippen LogP contribution < -0.4 is 15.0 Å². The first-order valence-corrected chi connectivity index (χ1v) is 14.2. The molecule has 9 nitrogen and oxygen atoms in total. The number of hydrogen-bond donors (Lipinski definition) is 3. The zero-order chi connectivity index (χ0) is 31.2. The molecule has 0 spiro atoms. The summed E-state index contributed by atoms with van der Waals surface area (Å²) in [7, 11) is 1.77. The van der Waals surface area contributed by atoms with Crippen LogP contribution in [0.1, 0.15) is 35.4 Å². The van der Waals surface area contributed by atoms with E-state index in [2.05, 4.69) is 15.4 Å². The number of alkyl halides is 3. The molecule has 0 fully saturated rings. The number of benzene rings is 2. The normalized spacial score (nSPS) is 16.3. The average molecular weight is 680 g/mol. The van der Waals surface area contributed by atoms with Crippen molar-refractivity contribution in [1.29, 1.82) is 0 Å². The molecule has 3 unspecified atom stereocenters. The monoisotopic (exact) mass is 679 g/mol. The molecule has 1 aromatic heterocycles. The number of aromatic nitrogens is 3. The van der Waals surface area contributed by atoms with Gasteiger partial charge in [-0.1, -0.05) is 30.3 Å². The number of rotatable bonds is 9. The minimum atomic E-state index is -4.67. The molecule has 0 bridgehead atoms. The van der Waals surface area contributed by atoms with Crippen LogP contribution in [-0.4, -0.2) is 80.2 Å². The second-order valence-corrected chi connectivity index (χ2v) is 10.6. The molecule has 0 amide bonds. The van der Waals surface area contributed by atoms with Crippen LogP contribution in [0.3, 0.4) is 0 Å². The van der Waals surface area contributed by atoms with E-state index in [-0.39, 0.29) is 23.9 Å². The summed E-state index contributed by atoms with van der Waals surface area (Å²) in [6, 6.07) is 8.14. The summed E-state index contributed by atoms with van der Waals surface area (Å²) in [5.41, 5.74) is -0.269. The fourth-order valence-corrected chi connectivity index (χ4v) is 5.69. The summed E-state index contributed by atoms with van der Waals surface area (Å²) >= 11 is 7.28. The van der Waals surface area contributed by atoms with E-state index in [0.717, 1.165) is 42.2 Å². The zero-order valence-electron chi connectivity index (χ0n) is 22.3. The molecule has 0 aliphatic carbocycles. The Morgan fingerprint density at radius 1 is 1.21 bits per heavy atom. The van der Waals surface area contributed by atoms with Crippen molar-refractivity contribution >= 4 is 45.9 Å². The molecule has 1 aliphatic rings. The maximum atomic E-state index is 15.0. The first kappa shape index (κ1) is 33.3. The Kier molecular flexibility index (Phi) is 11.4. The van der Waals surface area contributed by atoms with Crippen LogP contribution in [0, 0.1) is 11.6 Å². The van der Waals surface area contributed by atoms with Crippen molar-refractivity contribution in [2.24, 2.45) is 0 Å². The molecule has 3 N–H and O–H groups in total. The predicted octanol–water partition coefficient (Wildman–Crippen LogP) is 3.86. The molecular formula is C26H28AsClF5N5O4. The summed E-state index contributed by atoms with van der Waals surface area (Å²) in [4.78, 5) is 14.0. The van der Waals surface area contributed by atoms with Gasteiger partial charge < -0.3 is 10.2 Å². The minimum absolute atomic E-state index is 0.0255. The number of nitrogens with one attached hydrogen (secondary N) is 1. The maximum Gasteiger partial charge on any atom is 0.337 e. The Hall–Kier alpha value is -3.19. The second-order valence-electron chi connectivity index (χ2n) is 8.96. The van der Waals surface area contributed by atoms with Crippen molar-refractivity contribution in [3.8, 4) is 5.75 Å².